The minimum atomic E-state index is -0.402. The number of carbonyl (C=O) groups excluding carboxylic acids is 1. The van der Waals surface area contributed by atoms with E-state index < -0.39 is 5.24 Å². The molecule has 0 aliphatic rings. The van der Waals surface area contributed by atoms with Gasteiger partial charge in [-0.2, -0.15) is 0 Å². The van der Waals surface area contributed by atoms with Crippen LogP contribution in [0.2, 0.25) is 0 Å². The van der Waals surface area contributed by atoms with E-state index in [2.05, 4.69) is 20.8 Å². The van der Waals surface area contributed by atoms with Crippen molar-refractivity contribution in [1.29, 1.82) is 0 Å². The van der Waals surface area contributed by atoms with Gasteiger partial charge in [-0.3, -0.25) is 4.79 Å². The first-order chi connectivity index (χ1) is 6.38. The highest BCUT2D eigenvalue weighted by Crippen LogP contribution is 2.32. The van der Waals surface area contributed by atoms with Gasteiger partial charge in [-0.15, -0.1) is 11.8 Å². The molecule has 3 heteroatoms. The molecule has 0 spiro atoms. The molecule has 14 heavy (non-hydrogen) atoms. The zero-order chi connectivity index (χ0) is 10.8. The van der Waals surface area contributed by atoms with E-state index in [0.29, 0.717) is 5.56 Å². The van der Waals surface area contributed by atoms with E-state index in [1.807, 2.05) is 18.2 Å². The van der Waals surface area contributed by atoms with Crippen LogP contribution in [-0.2, 0) is 0 Å². The molecule has 1 aromatic carbocycles. The average Bonchev–Trinajstić information content (AvgIpc) is 2.01. The highest BCUT2D eigenvalue weighted by atomic mass is 35.5. The van der Waals surface area contributed by atoms with Gasteiger partial charge < -0.3 is 0 Å². The lowest BCUT2D eigenvalue weighted by molar-refractivity contribution is 0.108. The second kappa shape index (κ2) is 4.37. The first-order valence-corrected chi connectivity index (χ1v) is 5.57. The van der Waals surface area contributed by atoms with Crippen molar-refractivity contribution in [1.82, 2.24) is 0 Å². The van der Waals surface area contributed by atoms with Crippen molar-refractivity contribution in [2.45, 2.75) is 30.4 Å². The topological polar surface area (TPSA) is 17.1 Å². The molecule has 0 unspecified atom stereocenters. The SMILES string of the molecule is CC(C)(C)Sc1cccc(C(=O)Cl)c1. The fourth-order valence-corrected chi connectivity index (χ4v) is 2.19. The van der Waals surface area contributed by atoms with Crippen LogP contribution >= 0.6 is 23.4 Å². The van der Waals surface area contributed by atoms with Crippen molar-refractivity contribution >= 4 is 28.6 Å². The Hall–Kier alpha value is -0.470. The van der Waals surface area contributed by atoms with Gasteiger partial charge in [-0.25, -0.2) is 0 Å². The second-order valence-electron chi connectivity index (χ2n) is 4.02. The molecule has 0 saturated carbocycles. The molecule has 0 aliphatic carbocycles. The van der Waals surface area contributed by atoms with Gasteiger partial charge in [0.25, 0.3) is 5.24 Å². The number of hydrogen-bond donors (Lipinski definition) is 0. The molecular weight excluding hydrogens is 216 g/mol. The molecule has 76 valence electrons. The number of thioether (sulfide) groups is 1. The zero-order valence-electron chi connectivity index (χ0n) is 8.50. The molecule has 0 heterocycles. The van der Waals surface area contributed by atoms with Gasteiger partial charge in [0.05, 0.1) is 0 Å². The number of hydrogen-bond acceptors (Lipinski definition) is 2. The van der Waals surface area contributed by atoms with E-state index in [1.165, 1.54) is 0 Å². The van der Waals surface area contributed by atoms with E-state index >= 15 is 0 Å². The molecule has 0 saturated heterocycles. The van der Waals surface area contributed by atoms with E-state index in [1.54, 1.807) is 17.8 Å². The van der Waals surface area contributed by atoms with Crippen molar-refractivity contribution in [3.63, 3.8) is 0 Å². The van der Waals surface area contributed by atoms with Gasteiger partial charge in [-0.1, -0.05) is 32.9 Å². The molecule has 0 aliphatic heterocycles. The quantitative estimate of drug-likeness (QED) is 0.563. The number of carbonyl (C=O) groups is 1. The van der Waals surface area contributed by atoms with E-state index in [0.717, 1.165) is 4.90 Å². The Morgan fingerprint density at radius 1 is 1.36 bits per heavy atom. The van der Waals surface area contributed by atoms with Gasteiger partial charge in [0, 0.05) is 15.2 Å². The van der Waals surface area contributed by atoms with Crippen molar-refractivity contribution in [3.05, 3.63) is 29.8 Å². The van der Waals surface area contributed by atoms with Crippen molar-refractivity contribution < 1.29 is 4.79 Å². The summed E-state index contributed by atoms with van der Waals surface area (Å²) in [6.45, 7) is 6.40. The van der Waals surface area contributed by atoms with Crippen LogP contribution in [0.15, 0.2) is 29.2 Å². The van der Waals surface area contributed by atoms with Gasteiger partial charge >= 0.3 is 0 Å². The third kappa shape index (κ3) is 3.72. The Morgan fingerprint density at radius 3 is 2.50 bits per heavy atom. The van der Waals surface area contributed by atoms with Crippen LogP contribution in [0.3, 0.4) is 0 Å². The van der Waals surface area contributed by atoms with Crippen molar-refractivity contribution in [2.75, 3.05) is 0 Å². The molecule has 0 fully saturated rings. The van der Waals surface area contributed by atoms with E-state index in [4.69, 9.17) is 11.6 Å². The molecule has 0 aromatic heterocycles. The highest BCUT2D eigenvalue weighted by molar-refractivity contribution is 8.00. The summed E-state index contributed by atoms with van der Waals surface area (Å²) in [4.78, 5) is 12.0. The molecular formula is C11H13ClOS. The Bertz CT molecular complexity index is 341. The van der Waals surface area contributed by atoms with Gasteiger partial charge in [0.2, 0.25) is 0 Å². The molecule has 0 radical (unpaired) electrons. The van der Waals surface area contributed by atoms with Crippen LogP contribution in [0.25, 0.3) is 0 Å². The van der Waals surface area contributed by atoms with Crippen molar-refractivity contribution in [3.8, 4) is 0 Å². The summed E-state index contributed by atoms with van der Waals surface area (Å²) >= 11 is 7.12. The lowest BCUT2D eigenvalue weighted by atomic mass is 10.2. The Morgan fingerprint density at radius 2 is 2.00 bits per heavy atom. The molecule has 0 atom stereocenters. The minimum Gasteiger partial charge on any atom is -0.276 e. The second-order valence-corrected chi connectivity index (χ2v) is 6.26. The fraction of sp³-hybridized carbons (Fsp3) is 0.364. The van der Waals surface area contributed by atoms with Crippen LogP contribution < -0.4 is 0 Å². The molecule has 0 amide bonds. The monoisotopic (exact) mass is 228 g/mol. The van der Waals surface area contributed by atoms with Crippen LogP contribution in [-0.4, -0.2) is 9.99 Å². The average molecular weight is 229 g/mol. The third-order valence-corrected chi connectivity index (χ3v) is 2.81. The Labute approximate surface area is 93.8 Å². The van der Waals surface area contributed by atoms with Crippen LogP contribution in [0.5, 0.6) is 0 Å². The number of halogens is 1. The zero-order valence-corrected chi connectivity index (χ0v) is 10.1. The lowest BCUT2D eigenvalue weighted by Gasteiger charge is -2.17. The summed E-state index contributed by atoms with van der Waals surface area (Å²) in [6, 6.07) is 7.39. The van der Waals surface area contributed by atoms with Crippen molar-refractivity contribution in [2.24, 2.45) is 0 Å². The van der Waals surface area contributed by atoms with E-state index in [-0.39, 0.29) is 4.75 Å². The van der Waals surface area contributed by atoms with Gasteiger partial charge in [0.15, 0.2) is 0 Å². The summed E-state index contributed by atoms with van der Waals surface area (Å²) in [7, 11) is 0. The first-order valence-electron chi connectivity index (χ1n) is 4.37. The summed E-state index contributed by atoms with van der Waals surface area (Å²) in [5.41, 5.74) is 0.556. The first kappa shape index (κ1) is 11.6. The summed E-state index contributed by atoms with van der Waals surface area (Å²) in [5.74, 6) is 0. The summed E-state index contributed by atoms with van der Waals surface area (Å²) in [6.07, 6.45) is 0. The summed E-state index contributed by atoms with van der Waals surface area (Å²) < 4.78 is 0.147. The minimum absolute atomic E-state index is 0.147. The summed E-state index contributed by atoms with van der Waals surface area (Å²) in [5, 5.41) is -0.402. The third-order valence-electron chi connectivity index (χ3n) is 1.49. The largest absolute Gasteiger partial charge is 0.276 e. The molecule has 0 N–H and O–H groups in total. The molecule has 1 nitrogen and oxygen atoms in total. The predicted octanol–water partition coefficient (Wildman–Crippen LogP) is 3.96. The van der Waals surface area contributed by atoms with Crippen LogP contribution in [0, 0.1) is 0 Å². The van der Waals surface area contributed by atoms with Gasteiger partial charge in [-0.05, 0) is 23.7 Å². The maximum Gasteiger partial charge on any atom is 0.252 e. The normalized spacial score (nSPS) is 11.4. The fourth-order valence-electron chi connectivity index (χ4n) is 1.04. The maximum atomic E-state index is 10.9. The van der Waals surface area contributed by atoms with Gasteiger partial charge in [0.1, 0.15) is 0 Å². The number of rotatable bonds is 2. The predicted molar refractivity (Wildman–Crippen MR) is 62.2 cm³/mol. The highest BCUT2D eigenvalue weighted by Gasteiger charge is 2.12. The smallest absolute Gasteiger partial charge is 0.252 e. The van der Waals surface area contributed by atoms with Crippen LogP contribution in [0.1, 0.15) is 31.1 Å². The Balaban J connectivity index is 2.89. The molecule has 1 aromatic rings. The molecule has 1 rings (SSSR count). The lowest BCUT2D eigenvalue weighted by Crippen LogP contribution is -2.06. The van der Waals surface area contributed by atoms with E-state index in [9.17, 15) is 4.79 Å². The Kier molecular flexibility index (Phi) is 3.62. The number of benzene rings is 1. The standard InChI is InChI=1S/C11H13ClOS/c1-11(2,3)14-9-6-4-5-8(7-9)10(12)13/h4-7H,1-3H3. The van der Waals surface area contributed by atoms with Crippen LogP contribution in [0.4, 0.5) is 0 Å². The maximum absolute atomic E-state index is 10.9. The molecule has 0 bridgehead atoms.